The number of anilines is 1. The van der Waals surface area contributed by atoms with Crippen molar-refractivity contribution in [2.75, 3.05) is 12.8 Å². The molecule has 0 radical (unpaired) electrons. The number of nitrogen functional groups attached to an aromatic ring is 1. The molecule has 0 spiro atoms. The first-order valence-electron chi connectivity index (χ1n) is 6.82. The fraction of sp³-hybridized carbons (Fsp3) is 0.125. The van der Waals surface area contributed by atoms with E-state index in [1.165, 1.54) is 11.3 Å². The quantitative estimate of drug-likeness (QED) is 0.712. The van der Waals surface area contributed by atoms with Gasteiger partial charge in [-0.25, -0.2) is 0 Å². The van der Waals surface area contributed by atoms with Gasteiger partial charge in [0.15, 0.2) is 0 Å². The first kappa shape index (κ1) is 15.8. The highest BCUT2D eigenvalue weighted by atomic mass is 79.9. The van der Waals surface area contributed by atoms with Crippen LogP contribution in [0, 0.1) is 0 Å². The van der Waals surface area contributed by atoms with Crippen LogP contribution >= 0.6 is 27.3 Å². The lowest BCUT2D eigenvalue weighted by Gasteiger charge is -2.06. The Morgan fingerprint density at radius 2 is 2.09 bits per heavy atom. The summed E-state index contributed by atoms with van der Waals surface area (Å²) >= 11 is 4.76. The number of thiophene rings is 1. The smallest absolute Gasteiger partial charge is 0.263 e. The SMILES string of the molecule is COc1ccc(CNC(=O)c2sc3cncc(Br)c3c2N)cc1. The number of pyridine rings is 1. The van der Waals surface area contributed by atoms with Gasteiger partial charge < -0.3 is 15.8 Å². The van der Waals surface area contributed by atoms with Crippen LogP contribution in [0.4, 0.5) is 5.69 Å². The van der Waals surface area contributed by atoms with E-state index in [1.54, 1.807) is 19.5 Å². The predicted molar refractivity (Wildman–Crippen MR) is 95.9 cm³/mol. The Hall–Kier alpha value is -2.12. The number of aromatic nitrogens is 1. The molecule has 23 heavy (non-hydrogen) atoms. The van der Waals surface area contributed by atoms with Gasteiger partial charge in [0.1, 0.15) is 10.6 Å². The number of nitrogens with one attached hydrogen (secondary N) is 1. The third kappa shape index (κ3) is 3.16. The van der Waals surface area contributed by atoms with Crippen molar-refractivity contribution in [2.45, 2.75) is 6.54 Å². The minimum absolute atomic E-state index is 0.189. The minimum Gasteiger partial charge on any atom is -0.497 e. The van der Waals surface area contributed by atoms with E-state index in [0.29, 0.717) is 17.1 Å². The van der Waals surface area contributed by atoms with Gasteiger partial charge >= 0.3 is 0 Å². The van der Waals surface area contributed by atoms with Crippen LogP contribution in [0.25, 0.3) is 10.1 Å². The number of amides is 1. The van der Waals surface area contributed by atoms with Crippen molar-refractivity contribution in [3.8, 4) is 5.75 Å². The normalized spacial score (nSPS) is 10.7. The highest BCUT2D eigenvalue weighted by molar-refractivity contribution is 9.10. The van der Waals surface area contributed by atoms with Crippen LogP contribution < -0.4 is 15.8 Å². The van der Waals surface area contributed by atoms with E-state index in [2.05, 4.69) is 26.2 Å². The number of nitrogens with zero attached hydrogens (tertiary/aromatic N) is 1. The molecule has 3 rings (SSSR count). The Balaban J connectivity index is 1.78. The molecule has 118 valence electrons. The molecular formula is C16H14BrN3O2S. The first-order chi connectivity index (χ1) is 11.1. The minimum atomic E-state index is -0.189. The fourth-order valence-electron chi connectivity index (χ4n) is 2.21. The molecule has 0 saturated carbocycles. The second-order valence-electron chi connectivity index (χ2n) is 4.87. The summed E-state index contributed by atoms with van der Waals surface area (Å²) in [4.78, 5) is 17.0. The van der Waals surface area contributed by atoms with Crippen LogP contribution in [0.1, 0.15) is 15.2 Å². The zero-order valence-electron chi connectivity index (χ0n) is 12.3. The van der Waals surface area contributed by atoms with Gasteiger partial charge in [-0.05, 0) is 33.6 Å². The number of carbonyl (C=O) groups is 1. The van der Waals surface area contributed by atoms with Gasteiger partial charge in [-0.15, -0.1) is 11.3 Å². The summed E-state index contributed by atoms with van der Waals surface area (Å²) in [6.45, 7) is 0.427. The lowest BCUT2D eigenvalue weighted by molar-refractivity contribution is 0.0956. The molecule has 0 aliphatic rings. The second kappa shape index (κ2) is 6.55. The zero-order chi connectivity index (χ0) is 16.4. The van der Waals surface area contributed by atoms with E-state index in [9.17, 15) is 4.79 Å². The molecule has 2 heterocycles. The average molecular weight is 392 g/mol. The number of carbonyl (C=O) groups excluding carboxylic acids is 1. The van der Waals surface area contributed by atoms with Crippen molar-refractivity contribution in [1.29, 1.82) is 0 Å². The van der Waals surface area contributed by atoms with E-state index in [-0.39, 0.29) is 5.91 Å². The zero-order valence-corrected chi connectivity index (χ0v) is 14.7. The summed E-state index contributed by atoms with van der Waals surface area (Å²) in [6, 6.07) is 7.54. The van der Waals surface area contributed by atoms with Gasteiger partial charge in [0.2, 0.25) is 0 Å². The molecule has 1 amide bonds. The Kier molecular flexibility index (Phi) is 4.49. The predicted octanol–water partition coefficient (Wildman–Crippen LogP) is 3.58. The molecule has 0 atom stereocenters. The van der Waals surface area contributed by atoms with Crippen LogP contribution in [0.5, 0.6) is 5.75 Å². The van der Waals surface area contributed by atoms with Gasteiger partial charge in [0.25, 0.3) is 5.91 Å². The summed E-state index contributed by atoms with van der Waals surface area (Å²) in [5, 5.41) is 3.72. The number of rotatable bonds is 4. The number of hydrogen-bond donors (Lipinski definition) is 2. The van der Waals surface area contributed by atoms with E-state index in [0.717, 1.165) is 25.9 Å². The number of ether oxygens (including phenoxy) is 1. The molecule has 3 N–H and O–H groups in total. The molecule has 5 nitrogen and oxygen atoms in total. The monoisotopic (exact) mass is 391 g/mol. The summed E-state index contributed by atoms with van der Waals surface area (Å²) in [5.74, 6) is 0.595. The Labute approximate surface area is 145 Å². The highest BCUT2D eigenvalue weighted by Crippen LogP contribution is 2.37. The standard InChI is InChI=1S/C16H14BrN3O2S/c1-22-10-4-2-9(3-5-10)6-20-16(21)15-14(18)13-11(17)7-19-8-12(13)23-15/h2-5,7-8H,6,18H2,1H3,(H,20,21). The maximum atomic E-state index is 12.4. The number of benzene rings is 1. The second-order valence-corrected chi connectivity index (χ2v) is 6.78. The van der Waals surface area contributed by atoms with Gasteiger partial charge in [-0.3, -0.25) is 9.78 Å². The van der Waals surface area contributed by atoms with Crippen molar-refractivity contribution in [3.63, 3.8) is 0 Å². The number of hydrogen-bond acceptors (Lipinski definition) is 5. The van der Waals surface area contributed by atoms with Crippen molar-refractivity contribution < 1.29 is 9.53 Å². The van der Waals surface area contributed by atoms with E-state index < -0.39 is 0 Å². The van der Waals surface area contributed by atoms with Crippen LogP contribution in [0.3, 0.4) is 0 Å². The molecule has 2 aromatic heterocycles. The molecule has 0 aliphatic heterocycles. The Morgan fingerprint density at radius 3 is 2.74 bits per heavy atom. The van der Waals surface area contributed by atoms with Gasteiger partial charge in [0, 0.05) is 28.8 Å². The lowest BCUT2D eigenvalue weighted by Crippen LogP contribution is -2.22. The number of halogens is 1. The maximum absolute atomic E-state index is 12.4. The van der Waals surface area contributed by atoms with Crippen LogP contribution in [0.15, 0.2) is 41.1 Å². The topological polar surface area (TPSA) is 77.2 Å². The third-order valence-corrected chi connectivity index (χ3v) is 5.15. The summed E-state index contributed by atoms with van der Waals surface area (Å²) in [6.07, 6.45) is 3.38. The van der Waals surface area contributed by atoms with E-state index >= 15 is 0 Å². The molecule has 0 unspecified atom stereocenters. The maximum Gasteiger partial charge on any atom is 0.263 e. The van der Waals surface area contributed by atoms with Crippen molar-refractivity contribution in [2.24, 2.45) is 0 Å². The van der Waals surface area contributed by atoms with Crippen molar-refractivity contribution in [3.05, 3.63) is 51.6 Å². The van der Waals surface area contributed by atoms with Gasteiger partial charge in [-0.1, -0.05) is 12.1 Å². The van der Waals surface area contributed by atoms with Crippen LogP contribution in [-0.2, 0) is 6.54 Å². The number of fused-ring (bicyclic) bond motifs is 1. The van der Waals surface area contributed by atoms with E-state index in [4.69, 9.17) is 10.5 Å². The molecule has 0 bridgehead atoms. The fourth-order valence-corrected chi connectivity index (χ4v) is 3.92. The van der Waals surface area contributed by atoms with Crippen molar-refractivity contribution in [1.82, 2.24) is 10.3 Å². The van der Waals surface area contributed by atoms with Gasteiger partial charge in [-0.2, -0.15) is 0 Å². The van der Waals surface area contributed by atoms with Crippen LogP contribution in [0.2, 0.25) is 0 Å². The molecule has 3 aromatic rings. The first-order valence-corrected chi connectivity index (χ1v) is 8.43. The summed E-state index contributed by atoms with van der Waals surface area (Å²) in [5.41, 5.74) is 7.59. The number of nitrogens with two attached hydrogens (primary N) is 1. The average Bonchev–Trinajstić information content (AvgIpc) is 2.91. The molecule has 0 aliphatic carbocycles. The molecule has 7 heteroatoms. The van der Waals surface area contributed by atoms with E-state index in [1.807, 2.05) is 24.3 Å². The van der Waals surface area contributed by atoms with Gasteiger partial charge in [0.05, 0.1) is 17.5 Å². The number of methoxy groups -OCH3 is 1. The summed E-state index contributed by atoms with van der Waals surface area (Å²) < 4.78 is 6.78. The highest BCUT2D eigenvalue weighted by Gasteiger charge is 2.18. The third-order valence-electron chi connectivity index (χ3n) is 3.41. The largest absolute Gasteiger partial charge is 0.497 e. The van der Waals surface area contributed by atoms with Crippen LogP contribution in [-0.4, -0.2) is 18.0 Å². The Morgan fingerprint density at radius 1 is 1.35 bits per heavy atom. The van der Waals surface area contributed by atoms with Crippen molar-refractivity contribution >= 4 is 48.9 Å². The molecule has 0 saturated heterocycles. The molecule has 1 aromatic carbocycles. The lowest BCUT2D eigenvalue weighted by atomic mass is 10.2. The molecule has 0 fully saturated rings. The molecular weight excluding hydrogens is 378 g/mol. The Bertz CT molecular complexity index is 862. The summed E-state index contributed by atoms with van der Waals surface area (Å²) in [7, 11) is 1.62.